The number of esters is 1. The number of imidazole rings is 1. The molecule has 3 aromatic rings. The van der Waals surface area contributed by atoms with Crippen LogP contribution in [0.1, 0.15) is 68.3 Å². The largest absolute Gasteiger partial charge is 0.511 e. The van der Waals surface area contributed by atoms with Gasteiger partial charge in [-0.25, -0.2) is 9.78 Å². The van der Waals surface area contributed by atoms with Gasteiger partial charge in [0.15, 0.2) is 0 Å². The van der Waals surface area contributed by atoms with Crippen LogP contribution in [0.2, 0.25) is 0 Å². The van der Waals surface area contributed by atoms with E-state index >= 15 is 0 Å². The van der Waals surface area contributed by atoms with Crippen molar-refractivity contribution in [3.05, 3.63) is 76.0 Å². The van der Waals surface area contributed by atoms with E-state index in [1.807, 2.05) is 57.2 Å². The number of carbonyl (C=O) groups excluding carboxylic acids is 2. The van der Waals surface area contributed by atoms with E-state index in [2.05, 4.69) is 30.5 Å². The topological polar surface area (TPSA) is 105 Å². The number of rotatable bonds is 9. The first-order chi connectivity index (χ1) is 17.9. The lowest BCUT2D eigenvalue weighted by atomic mass is 10.0. The maximum absolute atomic E-state index is 12.5. The number of hydrogen-bond donors (Lipinski definition) is 0. The van der Waals surface area contributed by atoms with Crippen LogP contribution in [0.25, 0.3) is 5.69 Å². The average Bonchev–Trinajstić information content (AvgIpc) is 3.22. The summed E-state index contributed by atoms with van der Waals surface area (Å²) in [7, 11) is 0. The normalized spacial score (nSPS) is 14.3. The molecule has 0 amide bonds. The summed E-state index contributed by atoms with van der Waals surface area (Å²) < 4.78 is 18.1. The summed E-state index contributed by atoms with van der Waals surface area (Å²) >= 11 is 3.58. The Morgan fingerprint density at radius 2 is 1.92 bits per heavy atom. The number of hydrogen-bond acceptors (Lipinski definition) is 8. The fourth-order valence-corrected chi connectivity index (χ4v) is 4.54. The molecule has 9 nitrogen and oxygen atoms in total. The molecule has 1 aliphatic heterocycles. The van der Waals surface area contributed by atoms with Gasteiger partial charge in [0.1, 0.15) is 18.0 Å². The van der Waals surface area contributed by atoms with Gasteiger partial charge in [0.2, 0.25) is 6.79 Å². The predicted octanol–water partition coefficient (Wildman–Crippen LogP) is 5.85. The molecule has 0 aliphatic carbocycles. The molecule has 0 spiro atoms. The van der Waals surface area contributed by atoms with Gasteiger partial charge < -0.3 is 14.2 Å². The summed E-state index contributed by atoms with van der Waals surface area (Å²) in [5, 5.41) is 0. The van der Waals surface area contributed by atoms with Crippen molar-refractivity contribution in [2.75, 3.05) is 6.79 Å². The quantitative estimate of drug-likeness (QED) is 0.235. The van der Waals surface area contributed by atoms with Crippen molar-refractivity contribution < 1.29 is 23.8 Å². The molecule has 0 fully saturated rings. The molecule has 0 bridgehead atoms. The lowest BCUT2D eigenvalue weighted by Crippen LogP contribution is -2.19. The number of ether oxygens (including phenoxy) is 3. The van der Waals surface area contributed by atoms with Crippen LogP contribution in [-0.4, -0.2) is 45.3 Å². The number of aliphatic imine (C=N–C) groups is 1. The van der Waals surface area contributed by atoms with Gasteiger partial charge in [-0.2, -0.15) is 0 Å². The summed E-state index contributed by atoms with van der Waals surface area (Å²) in [5.41, 5.74) is 4.24. The van der Waals surface area contributed by atoms with Crippen LogP contribution in [0.3, 0.4) is 0 Å². The molecular formula is C27H29BrN4O5. The Labute approximate surface area is 224 Å². The fraction of sp³-hybridized carbons (Fsp3) is 0.370. The first kappa shape index (κ1) is 26.5. The highest BCUT2D eigenvalue weighted by molar-refractivity contribution is 9.10. The van der Waals surface area contributed by atoms with E-state index in [4.69, 9.17) is 19.2 Å². The van der Waals surface area contributed by atoms with Gasteiger partial charge in [-0.3, -0.25) is 19.3 Å². The van der Waals surface area contributed by atoms with Crippen molar-refractivity contribution in [1.82, 2.24) is 14.5 Å². The van der Waals surface area contributed by atoms with Crippen LogP contribution in [0.15, 0.2) is 58.3 Å². The summed E-state index contributed by atoms with van der Waals surface area (Å²) in [6.45, 7) is 5.32. The van der Waals surface area contributed by atoms with Crippen molar-refractivity contribution in [3.8, 4) is 5.69 Å². The third kappa shape index (κ3) is 6.25. The smallest absolute Gasteiger partial charge is 0.431 e. The molecule has 2 aromatic heterocycles. The second-order valence-corrected chi connectivity index (χ2v) is 9.50. The van der Waals surface area contributed by atoms with Crippen molar-refractivity contribution >= 4 is 33.8 Å². The zero-order valence-electron chi connectivity index (χ0n) is 21.0. The molecule has 0 N–H and O–H groups in total. The minimum absolute atomic E-state index is 0.0561. The van der Waals surface area contributed by atoms with Crippen LogP contribution in [-0.2, 0) is 19.0 Å². The zero-order chi connectivity index (χ0) is 26.4. The van der Waals surface area contributed by atoms with Crippen molar-refractivity contribution in [3.63, 3.8) is 0 Å². The molecule has 0 saturated heterocycles. The maximum atomic E-state index is 12.5. The second-order valence-electron chi connectivity index (χ2n) is 8.59. The van der Waals surface area contributed by atoms with Crippen molar-refractivity contribution in [2.45, 2.75) is 58.6 Å². The first-order valence-corrected chi connectivity index (χ1v) is 13.0. The van der Waals surface area contributed by atoms with E-state index in [-0.39, 0.29) is 12.5 Å². The van der Waals surface area contributed by atoms with Crippen molar-refractivity contribution in [1.29, 1.82) is 0 Å². The third-order valence-corrected chi connectivity index (χ3v) is 6.60. The molecule has 0 saturated carbocycles. The Bertz CT molecular complexity index is 1290. The van der Waals surface area contributed by atoms with Gasteiger partial charge in [0.05, 0.1) is 17.1 Å². The van der Waals surface area contributed by atoms with Crippen LogP contribution in [0.4, 0.5) is 4.79 Å². The Kier molecular flexibility index (Phi) is 8.70. The van der Waals surface area contributed by atoms with Crippen LogP contribution in [0, 0.1) is 6.92 Å². The highest BCUT2D eigenvalue weighted by Crippen LogP contribution is 2.34. The van der Waals surface area contributed by atoms with Crippen LogP contribution in [0.5, 0.6) is 0 Å². The standard InChI is InChI=1S/C27H29BrN4O5/c1-4-19(5-2)37-27(34)36-16-35-24(33)12-10-22-26-30-15-17(3)32(26)23-11-9-18(28)14-20(23)25(31-22)21-8-6-7-13-29-21/h6-9,11,13-15,19,22H,4-5,10,12,16H2,1-3H3/t22-/m0/s1. The van der Waals surface area contributed by atoms with Gasteiger partial charge >= 0.3 is 12.1 Å². The number of fused-ring (bicyclic) bond motifs is 3. The van der Waals surface area contributed by atoms with Gasteiger partial charge in [-0.15, -0.1) is 0 Å². The summed E-state index contributed by atoms with van der Waals surface area (Å²) in [6, 6.07) is 11.3. The number of nitrogens with zero attached hydrogens (tertiary/aromatic N) is 4. The highest BCUT2D eigenvalue weighted by Gasteiger charge is 2.28. The van der Waals surface area contributed by atoms with E-state index in [9.17, 15) is 9.59 Å². The zero-order valence-corrected chi connectivity index (χ0v) is 22.6. The number of benzene rings is 1. The molecule has 1 aromatic carbocycles. The van der Waals surface area contributed by atoms with Gasteiger partial charge in [0.25, 0.3) is 0 Å². The average molecular weight is 569 g/mol. The molecule has 10 heteroatoms. The maximum Gasteiger partial charge on any atom is 0.511 e. The highest BCUT2D eigenvalue weighted by atomic mass is 79.9. The summed E-state index contributed by atoms with van der Waals surface area (Å²) in [4.78, 5) is 38.5. The Morgan fingerprint density at radius 3 is 2.65 bits per heavy atom. The Balaban J connectivity index is 1.52. The van der Waals surface area contributed by atoms with Crippen LogP contribution >= 0.6 is 15.9 Å². The predicted molar refractivity (Wildman–Crippen MR) is 141 cm³/mol. The monoisotopic (exact) mass is 568 g/mol. The van der Waals surface area contributed by atoms with Gasteiger partial charge in [0, 0.05) is 34.5 Å². The summed E-state index contributed by atoms with van der Waals surface area (Å²) in [6.07, 6.45) is 4.23. The van der Waals surface area contributed by atoms with E-state index in [1.165, 1.54) is 0 Å². The number of pyridine rings is 1. The molecule has 1 atom stereocenters. The van der Waals surface area contributed by atoms with Gasteiger partial charge in [-0.05, 0) is 56.5 Å². The number of aromatic nitrogens is 3. The molecule has 4 rings (SSSR count). The molecule has 37 heavy (non-hydrogen) atoms. The number of halogens is 1. The number of carbonyl (C=O) groups is 2. The molecule has 1 aliphatic rings. The molecular weight excluding hydrogens is 540 g/mol. The minimum atomic E-state index is -0.851. The van der Waals surface area contributed by atoms with E-state index in [0.29, 0.717) is 25.0 Å². The number of aryl methyl sites for hydroxylation is 1. The second kappa shape index (κ2) is 12.1. The minimum Gasteiger partial charge on any atom is -0.431 e. The fourth-order valence-electron chi connectivity index (χ4n) is 4.18. The summed E-state index contributed by atoms with van der Waals surface area (Å²) in [5.74, 6) is 0.217. The molecule has 0 unspecified atom stereocenters. The lowest BCUT2D eigenvalue weighted by molar-refractivity contribution is -0.154. The first-order valence-electron chi connectivity index (χ1n) is 12.2. The SMILES string of the molecule is CCC(CC)OC(=O)OCOC(=O)CC[C@@H]1N=C(c2ccccn2)c2cc(Br)ccc2-n2c(C)cnc21. The van der Waals surface area contributed by atoms with Crippen LogP contribution < -0.4 is 0 Å². The third-order valence-electron chi connectivity index (χ3n) is 6.10. The van der Waals surface area contributed by atoms with E-state index in [1.54, 1.807) is 12.4 Å². The van der Waals surface area contributed by atoms with Crippen molar-refractivity contribution in [2.24, 2.45) is 4.99 Å². The molecule has 194 valence electrons. The lowest BCUT2D eigenvalue weighted by Gasteiger charge is -2.15. The van der Waals surface area contributed by atoms with Gasteiger partial charge in [-0.1, -0.05) is 35.8 Å². The Morgan fingerprint density at radius 1 is 1.11 bits per heavy atom. The van der Waals surface area contributed by atoms with E-state index < -0.39 is 25.0 Å². The molecule has 3 heterocycles. The molecule has 0 radical (unpaired) electrons. The Hall–Kier alpha value is -3.53. The van der Waals surface area contributed by atoms with E-state index in [0.717, 1.165) is 32.9 Å².